The maximum absolute atomic E-state index is 12.9. The van der Waals surface area contributed by atoms with Crippen LogP contribution in [0.1, 0.15) is 28.5 Å². The molecule has 1 amide bonds. The van der Waals surface area contributed by atoms with Gasteiger partial charge in [-0.15, -0.1) is 23.7 Å². The Bertz CT molecular complexity index is 771. The molecule has 0 aliphatic rings. The van der Waals surface area contributed by atoms with Crippen LogP contribution in [0.15, 0.2) is 24.4 Å². The van der Waals surface area contributed by atoms with Crippen molar-refractivity contribution in [3.63, 3.8) is 0 Å². The van der Waals surface area contributed by atoms with Crippen molar-refractivity contribution in [1.29, 1.82) is 0 Å². The van der Waals surface area contributed by atoms with E-state index >= 15 is 0 Å². The summed E-state index contributed by atoms with van der Waals surface area (Å²) in [6.07, 6.45) is -8.73. The molecule has 0 bridgehead atoms. The summed E-state index contributed by atoms with van der Waals surface area (Å²) in [4.78, 5) is 15.7. The van der Waals surface area contributed by atoms with Crippen molar-refractivity contribution in [1.82, 2.24) is 4.98 Å². The second-order valence-electron chi connectivity index (χ2n) is 5.50. The largest absolute Gasteiger partial charge is 0.416 e. The number of alkyl halides is 6. The number of aromatic nitrogens is 1. The summed E-state index contributed by atoms with van der Waals surface area (Å²) >= 11 is 0.939. The lowest BCUT2D eigenvalue weighted by molar-refractivity contribution is -0.143. The number of hydrogen-bond acceptors (Lipinski definition) is 4. The first kappa shape index (κ1) is 23.2. The topological polar surface area (TPSA) is 68.0 Å². The van der Waals surface area contributed by atoms with E-state index in [2.05, 4.69) is 10.3 Å². The summed E-state index contributed by atoms with van der Waals surface area (Å²) in [5.74, 6) is -0.510. The summed E-state index contributed by atoms with van der Waals surface area (Å²) in [6, 6.07) is 0.606. The second kappa shape index (κ2) is 8.44. The number of nitrogens with zero attached hydrogens (tertiary/aromatic N) is 1. The maximum Gasteiger partial charge on any atom is 0.416 e. The minimum Gasteiger partial charge on any atom is -0.320 e. The van der Waals surface area contributed by atoms with E-state index in [9.17, 15) is 31.1 Å². The van der Waals surface area contributed by atoms with Crippen LogP contribution in [0.2, 0.25) is 0 Å². The van der Waals surface area contributed by atoms with Gasteiger partial charge in [-0.25, -0.2) is 4.98 Å². The molecular formula is C15H14ClF6N3OS. The van der Waals surface area contributed by atoms with Crippen LogP contribution < -0.4 is 11.1 Å². The van der Waals surface area contributed by atoms with Gasteiger partial charge in [-0.05, 0) is 30.7 Å². The molecule has 1 aromatic carbocycles. The Kier molecular flexibility index (Phi) is 7.25. The normalized spacial score (nSPS) is 13.0. The van der Waals surface area contributed by atoms with Crippen molar-refractivity contribution in [2.75, 3.05) is 5.32 Å². The SMILES string of the molecule is C[C@H](N)C(=O)Nc1ncc(Cc2cc(C(F)(F)F)cc(C(F)(F)F)c2)s1.Cl. The number of benzene rings is 1. The molecule has 0 radical (unpaired) electrons. The van der Waals surface area contributed by atoms with Gasteiger partial charge in [0.05, 0.1) is 17.2 Å². The highest BCUT2D eigenvalue weighted by Crippen LogP contribution is 2.37. The summed E-state index contributed by atoms with van der Waals surface area (Å²) in [6.45, 7) is 1.45. The van der Waals surface area contributed by atoms with E-state index in [4.69, 9.17) is 5.73 Å². The number of thiazole rings is 1. The molecule has 1 heterocycles. The molecule has 0 aliphatic heterocycles. The molecule has 1 atom stereocenters. The van der Waals surface area contributed by atoms with Crippen LogP contribution in [-0.2, 0) is 23.6 Å². The number of carbonyl (C=O) groups excluding carboxylic acids is 1. The van der Waals surface area contributed by atoms with Crippen LogP contribution in [0.4, 0.5) is 31.5 Å². The zero-order valence-electron chi connectivity index (χ0n) is 13.6. The highest BCUT2D eigenvalue weighted by molar-refractivity contribution is 7.15. The lowest BCUT2D eigenvalue weighted by Gasteiger charge is -2.13. The Labute approximate surface area is 160 Å². The maximum atomic E-state index is 12.9. The predicted molar refractivity (Wildman–Crippen MR) is 90.9 cm³/mol. The first-order valence-corrected chi connectivity index (χ1v) is 7.97. The quantitative estimate of drug-likeness (QED) is 0.699. The van der Waals surface area contributed by atoms with Crippen molar-refractivity contribution in [3.05, 3.63) is 46.0 Å². The molecule has 150 valence electrons. The van der Waals surface area contributed by atoms with Crippen LogP contribution in [0.3, 0.4) is 0 Å². The van der Waals surface area contributed by atoms with Gasteiger partial charge in [0, 0.05) is 17.5 Å². The molecule has 1 aromatic heterocycles. The molecule has 27 heavy (non-hydrogen) atoms. The van der Waals surface area contributed by atoms with E-state index in [1.165, 1.54) is 13.1 Å². The van der Waals surface area contributed by atoms with E-state index in [1.54, 1.807) is 0 Å². The molecule has 3 N–H and O–H groups in total. The molecule has 2 aromatic rings. The van der Waals surface area contributed by atoms with Gasteiger partial charge in [0.1, 0.15) is 0 Å². The number of nitrogens with two attached hydrogens (primary N) is 1. The van der Waals surface area contributed by atoms with Crippen LogP contribution in [0, 0.1) is 0 Å². The molecule has 0 aliphatic carbocycles. The van der Waals surface area contributed by atoms with E-state index < -0.39 is 35.4 Å². The minimum atomic E-state index is -4.90. The van der Waals surface area contributed by atoms with Crippen LogP contribution in [0.25, 0.3) is 0 Å². The molecule has 0 saturated carbocycles. The van der Waals surface area contributed by atoms with Gasteiger partial charge in [-0.3, -0.25) is 4.79 Å². The summed E-state index contributed by atoms with van der Waals surface area (Å²) in [7, 11) is 0. The second-order valence-corrected chi connectivity index (χ2v) is 6.62. The fraction of sp³-hybridized carbons (Fsp3) is 0.333. The van der Waals surface area contributed by atoms with Gasteiger partial charge in [-0.1, -0.05) is 0 Å². The Morgan fingerprint density at radius 3 is 2.11 bits per heavy atom. The Balaban J connectivity index is 0.00000364. The first-order chi connectivity index (χ1) is 11.9. The summed E-state index contributed by atoms with van der Waals surface area (Å²) in [5.41, 5.74) is 2.46. The molecule has 4 nitrogen and oxygen atoms in total. The lowest BCUT2D eigenvalue weighted by Crippen LogP contribution is -2.32. The average Bonchev–Trinajstić information content (AvgIpc) is 2.92. The average molecular weight is 434 g/mol. The number of amides is 1. The zero-order chi connectivity index (χ0) is 19.7. The number of rotatable bonds is 4. The Morgan fingerprint density at radius 1 is 1.15 bits per heavy atom. The molecule has 0 fully saturated rings. The third-order valence-electron chi connectivity index (χ3n) is 3.22. The monoisotopic (exact) mass is 433 g/mol. The first-order valence-electron chi connectivity index (χ1n) is 7.16. The minimum absolute atomic E-state index is 0. The van der Waals surface area contributed by atoms with E-state index in [1.807, 2.05) is 0 Å². The van der Waals surface area contributed by atoms with Gasteiger partial charge in [0.15, 0.2) is 5.13 Å². The Hall–Kier alpha value is -1.85. The van der Waals surface area contributed by atoms with Gasteiger partial charge in [0.25, 0.3) is 0 Å². The number of nitrogens with one attached hydrogen (secondary N) is 1. The smallest absolute Gasteiger partial charge is 0.320 e. The van der Waals surface area contributed by atoms with E-state index in [0.717, 1.165) is 11.3 Å². The third kappa shape index (κ3) is 6.36. The van der Waals surface area contributed by atoms with Crippen molar-refractivity contribution < 1.29 is 31.1 Å². The highest BCUT2D eigenvalue weighted by Gasteiger charge is 2.36. The van der Waals surface area contributed by atoms with Crippen molar-refractivity contribution >= 4 is 34.8 Å². The third-order valence-corrected chi connectivity index (χ3v) is 4.14. The number of halogens is 7. The van der Waals surface area contributed by atoms with Gasteiger partial charge >= 0.3 is 12.4 Å². The van der Waals surface area contributed by atoms with Gasteiger partial charge in [0.2, 0.25) is 5.91 Å². The number of carbonyl (C=O) groups is 1. The standard InChI is InChI=1S/C15H13F6N3OS.ClH/c1-7(22)12(25)24-13-23-6-11(26-13)4-8-2-9(14(16,17)18)5-10(3-8)15(19,20)21;/h2-3,5-7H,4,22H2,1H3,(H,23,24,25);1H/t7-;/m0./s1. The van der Waals surface area contributed by atoms with Crippen molar-refractivity contribution in [2.24, 2.45) is 5.73 Å². The molecule has 0 saturated heterocycles. The molecule has 0 spiro atoms. The summed E-state index contributed by atoms with van der Waals surface area (Å²) < 4.78 is 77.2. The fourth-order valence-electron chi connectivity index (χ4n) is 1.99. The van der Waals surface area contributed by atoms with Gasteiger partial charge < -0.3 is 11.1 Å². The molecule has 2 rings (SSSR count). The fourth-order valence-corrected chi connectivity index (χ4v) is 2.84. The van der Waals surface area contributed by atoms with Crippen molar-refractivity contribution in [3.8, 4) is 0 Å². The highest BCUT2D eigenvalue weighted by atomic mass is 35.5. The molecule has 0 unspecified atom stereocenters. The van der Waals surface area contributed by atoms with E-state index in [-0.39, 0.29) is 35.6 Å². The van der Waals surface area contributed by atoms with Crippen LogP contribution in [0.5, 0.6) is 0 Å². The number of anilines is 1. The number of hydrogen-bond donors (Lipinski definition) is 2. The van der Waals surface area contributed by atoms with Crippen molar-refractivity contribution in [2.45, 2.75) is 31.7 Å². The van der Waals surface area contributed by atoms with Gasteiger partial charge in [-0.2, -0.15) is 26.3 Å². The zero-order valence-corrected chi connectivity index (χ0v) is 15.2. The summed E-state index contributed by atoms with van der Waals surface area (Å²) in [5, 5.41) is 2.56. The van der Waals surface area contributed by atoms with E-state index in [0.29, 0.717) is 17.0 Å². The molecule has 12 heteroatoms. The van der Waals surface area contributed by atoms with Crippen LogP contribution in [-0.4, -0.2) is 16.9 Å². The van der Waals surface area contributed by atoms with Crippen LogP contribution >= 0.6 is 23.7 Å². The predicted octanol–water partition coefficient (Wildman–Crippen LogP) is 4.48. The lowest BCUT2D eigenvalue weighted by atomic mass is 10.0. The Morgan fingerprint density at radius 2 is 1.67 bits per heavy atom. The molecular weight excluding hydrogens is 420 g/mol.